The Morgan fingerprint density at radius 1 is 1.05 bits per heavy atom. The molecule has 2 nitrogen and oxygen atoms in total. The van der Waals surface area contributed by atoms with E-state index in [4.69, 9.17) is 5.73 Å². The lowest BCUT2D eigenvalue weighted by molar-refractivity contribution is -0.125. The average Bonchev–Trinajstić information content (AvgIpc) is 2.08. The highest BCUT2D eigenvalue weighted by Crippen LogP contribution is 2.44. The number of rotatable bonds is 6. The van der Waals surface area contributed by atoms with Gasteiger partial charge in [0.05, 0.1) is 0 Å². The molecule has 4 heteroatoms. The van der Waals surface area contributed by atoms with Gasteiger partial charge in [-0.1, -0.05) is 47.7 Å². The third-order valence-electron chi connectivity index (χ3n) is 4.02. The Morgan fingerprint density at radius 2 is 1.47 bits per heavy atom. The van der Waals surface area contributed by atoms with Crippen LogP contribution in [0, 0.1) is 5.41 Å². The normalized spacial score (nSPS) is 14.6. The van der Waals surface area contributed by atoms with Crippen molar-refractivity contribution >= 4 is 24.2 Å². The summed E-state index contributed by atoms with van der Waals surface area (Å²) in [5.41, 5.74) is 5.44. The van der Waals surface area contributed by atoms with Gasteiger partial charge in [-0.3, -0.25) is 4.79 Å². The van der Waals surface area contributed by atoms with Crippen molar-refractivity contribution in [1.82, 2.24) is 0 Å². The minimum atomic E-state index is -1.44. The molecule has 114 valence electrons. The maximum Gasteiger partial charge on any atom is 0.147 e. The monoisotopic (exact) mass is 303 g/mol. The molecule has 0 radical (unpaired) electrons. The average molecular weight is 304 g/mol. The molecule has 0 fully saturated rings. The number of carbonyl (C=O) groups is 1. The van der Waals surface area contributed by atoms with Crippen LogP contribution in [0.1, 0.15) is 54.9 Å². The van der Waals surface area contributed by atoms with Gasteiger partial charge in [0.15, 0.2) is 0 Å². The standard InChI is InChI=1S/C15H33NOSSi/c1-13(2,3)19(8,9)18-10-12(17)14(4,5)11-15(6,7)16/h10-11,16H2,1-9H3. The summed E-state index contributed by atoms with van der Waals surface area (Å²) in [5.74, 6) is 0.959. The summed E-state index contributed by atoms with van der Waals surface area (Å²) < 4.78 is 0. The van der Waals surface area contributed by atoms with Gasteiger partial charge < -0.3 is 5.73 Å². The predicted molar refractivity (Wildman–Crippen MR) is 91.3 cm³/mol. The number of hydrogen-bond acceptors (Lipinski definition) is 3. The van der Waals surface area contributed by atoms with Crippen molar-refractivity contribution in [2.24, 2.45) is 11.1 Å². The highest BCUT2D eigenvalue weighted by atomic mass is 32.4. The Morgan fingerprint density at radius 3 is 1.79 bits per heavy atom. The lowest BCUT2D eigenvalue weighted by atomic mass is 9.78. The molecule has 0 saturated heterocycles. The van der Waals surface area contributed by atoms with Gasteiger partial charge in [-0.2, -0.15) is 11.2 Å². The van der Waals surface area contributed by atoms with Gasteiger partial charge in [-0.25, -0.2) is 0 Å². The zero-order valence-corrected chi connectivity index (χ0v) is 16.1. The molecule has 0 amide bonds. The molecule has 2 N–H and O–H groups in total. The summed E-state index contributed by atoms with van der Waals surface area (Å²) in [7, 11) is -1.44. The molecule has 0 atom stereocenters. The molecule has 0 aliphatic heterocycles. The number of ketones is 1. The van der Waals surface area contributed by atoms with Crippen LogP contribution in [0.4, 0.5) is 0 Å². The molecule has 0 spiro atoms. The molecular weight excluding hydrogens is 270 g/mol. The van der Waals surface area contributed by atoms with Gasteiger partial charge in [0, 0.05) is 16.7 Å². The van der Waals surface area contributed by atoms with E-state index in [0.717, 1.165) is 6.42 Å². The van der Waals surface area contributed by atoms with Crippen LogP contribution >= 0.6 is 11.2 Å². The largest absolute Gasteiger partial charge is 0.326 e. The second kappa shape index (κ2) is 5.90. The van der Waals surface area contributed by atoms with Crippen molar-refractivity contribution in [3.05, 3.63) is 0 Å². The third-order valence-corrected chi connectivity index (χ3v) is 13.2. The minimum absolute atomic E-state index is 0.291. The number of carbonyl (C=O) groups excluding carboxylic acids is 1. The molecule has 0 aliphatic carbocycles. The van der Waals surface area contributed by atoms with Crippen LogP contribution in [0.2, 0.25) is 18.1 Å². The van der Waals surface area contributed by atoms with E-state index >= 15 is 0 Å². The molecule has 0 heterocycles. The van der Waals surface area contributed by atoms with Crippen LogP contribution in [0.3, 0.4) is 0 Å². The highest BCUT2D eigenvalue weighted by molar-refractivity contribution is 8.29. The van der Waals surface area contributed by atoms with E-state index in [2.05, 4.69) is 33.9 Å². The smallest absolute Gasteiger partial charge is 0.147 e. The Hall–Kier alpha value is 0.197. The molecule has 0 saturated carbocycles. The van der Waals surface area contributed by atoms with Crippen molar-refractivity contribution in [3.8, 4) is 0 Å². The number of Topliss-reactive ketones (excluding diaryl/α,β-unsaturated/α-hetero) is 1. The second-order valence-corrected chi connectivity index (χ2v) is 17.5. The van der Waals surface area contributed by atoms with Crippen LogP contribution in [-0.2, 0) is 4.79 Å². The Bertz CT molecular complexity index is 324. The van der Waals surface area contributed by atoms with Crippen molar-refractivity contribution in [2.75, 3.05) is 5.75 Å². The van der Waals surface area contributed by atoms with Crippen molar-refractivity contribution in [3.63, 3.8) is 0 Å². The maximum absolute atomic E-state index is 12.5. The van der Waals surface area contributed by atoms with Gasteiger partial charge in [-0.05, 0) is 25.3 Å². The fraction of sp³-hybridized carbons (Fsp3) is 0.933. The molecule has 0 aromatic heterocycles. The first-order valence-corrected chi connectivity index (χ1v) is 11.8. The maximum atomic E-state index is 12.5. The van der Waals surface area contributed by atoms with E-state index in [1.807, 2.05) is 38.9 Å². The van der Waals surface area contributed by atoms with Crippen molar-refractivity contribution < 1.29 is 4.79 Å². The highest BCUT2D eigenvalue weighted by Gasteiger charge is 2.38. The van der Waals surface area contributed by atoms with E-state index in [1.165, 1.54) is 0 Å². The van der Waals surface area contributed by atoms with Gasteiger partial charge in [0.2, 0.25) is 0 Å². The molecule has 19 heavy (non-hydrogen) atoms. The fourth-order valence-electron chi connectivity index (χ4n) is 1.90. The Kier molecular flexibility index (Phi) is 5.96. The van der Waals surface area contributed by atoms with Gasteiger partial charge >= 0.3 is 0 Å². The zero-order chi connectivity index (χ0) is 15.7. The quantitative estimate of drug-likeness (QED) is 0.737. The summed E-state index contributed by atoms with van der Waals surface area (Å²) in [6.07, 6.45) is 0.733. The van der Waals surface area contributed by atoms with Gasteiger partial charge in [0.25, 0.3) is 0 Å². The molecule has 0 unspecified atom stereocenters. The zero-order valence-electron chi connectivity index (χ0n) is 14.3. The van der Waals surface area contributed by atoms with Crippen LogP contribution < -0.4 is 5.73 Å². The molecular formula is C15H33NOSSi. The van der Waals surface area contributed by atoms with Crippen LogP contribution in [0.5, 0.6) is 0 Å². The SMILES string of the molecule is CC(C)(N)CC(C)(C)C(=O)CS[Si](C)(C)C(C)(C)C. The molecule has 0 aromatic carbocycles. The molecule has 0 bridgehead atoms. The number of hydrogen-bond donors (Lipinski definition) is 1. The third kappa shape index (κ3) is 6.45. The topological polar surface area (TPSA) is 43.1 Å². The van der Waals surface area contributed by atoms with E-state index in [1.54, 1.807) is 0 Å². The first kappa shape index (κ1) is 19.2. The van der Waals surface area contributed by atoms with E-state index in [0.29, 0.717) is 16.6 Å². The van der Waals surface area contributed by atoms with Crippen LogP contribution in [0.15, 0.2) is 0 Å². The molecule has 0 aliphatic rings. The predicted octanol–water partition coefficient (Wildman–Crippen LogP) is 4.45. The number of nitrogens with two attached hydrogens (primary N) is 1. The van der Waals surface area contributed by atoms with Crippen molar-refractivity contribution in [1.29, 1.82) is 0 Å². The van der Waals surface area contributed by atoms with Crippen LogP contribution in [-0.4, -0.2) is 24.3 Å². The summed E-state index contributed by atoms with van der Waals surface area (Å²) in [6, 6.07) is 0. The van der Waals surface area contributed by atoms with E-state index in [-0.39, 0.29) is 11.0 Å². The second-order valence-electron chi connectivity index (χ2n) is 8.52. The summed E-state index contributed by atoms with van der Waals surface area (Å²) in [5, 5.41) is 0.315. The lowest BCUT2D eigenvalue weighted by Crippen LogP contribution is -2.42. The Labute approximate surface area is 124 Å². The summed E-state index contributed by atoms with van der Waals surface area (Å²) in [6.45, 7) is 19.6. The van der Waals surface area contributed by atoms with Gasteiger partial charge in [0.1, 0.15) is 13.0 Å². The van der Waals surface area contributed by atoms with Crippen molar-refractivity contribution in [2.45, 2.75) is 78.6 Å². The Balaban J connectivity index is 4.64. The fourth-order valence-corrected chi connectivity index (χ4v) is 5.99. The molecule has 0 rings (SSSR count). The summed E-state index contributed by atoms with van der Waals surface area (Å²) >= 11 is 1.90. The van der Waals surface area contributed by atoms with E-state index in [9.17, 15) is 4.79 Å². The summed E-state index contributed by atoms with van der Waals surface area (Å²) in [4.78, 5) is 12.5. The van der Waals surface area contributed by atoms with Gasteiger partial charge in [-0.15, -0.1) is 0 Å². The lowest BCUT2D eigenvalue weighted by Gasteiger charge is -2.37. The van der Waals surface area contributed by atoms with E-state index < -0.39 is 7.22 Å². The minimum Gasteiger partial charge on any atom is -0.326 e. The first-order valence-electron chi connectivity index (χ1n) is 7.05. The molecule has 0 aromatic rings. The van der Waals surface area contributed by atoms with Crippen LogP contribution in [0.25, 0.3) is 0 Å². The first-order chi connectivity index (χ1) is 8.08.